The lowest BCUT2D eigenvalue weighted by Crippen LogP contribution is -2.03. The normalized spacial score (nSPS) is 11.6. The number of halogens is 1. The molecular weight excluding hydrogens is 449 g/mol. The van der Waals surface area contributed by atoms with Gasteiger partial charge in [0.2, 0.25) is 0 Å². The first-order valence-electron chi connectivity index (χ1n) is 8.94. The standard InChI is InChI=1S/C23H22INS/c1-14(2)17-7-5-8-18-19-9-6-10-21(23(19)26-22(17)18)25(24)20-12-11-15(3)13-16(20)4/h5-14H,1-4H3. The highest BCUT2D eigenvalue weighted by molar-refractivity contribution is 14.1. The van der Waals surface area contributed by atoms with Gasteiger partial charge in [0.05, 0.1) is 38.9 Å². The summed E-state index contributed by atoms with van der Waals surface area (Å²) in [5.41, 5.74) is 6.58. The predicted molar refractivity (Wildman–Crippen MR) is 125 cm³/mol. The zero-order chi connectivity index (χ0) is 18.4. The van der Waals surface area contributed by atoms with Crippen molar-refractivity contribution >= 4 is 65.7 Å². The van der Waals surface area contributed by atoms with Gasteiger partial charge in [-0.05, 0) is 43.0 Å². The van der Waals surface area contributed by atoms with Crippen LogP contribution in [0.1, 0.15) is 36.5 Å². The molecule has 0 radical (unpaired) electrons. The van der Waals surface area contributed by atoms with Gasteiger partial charge in [-0.1, -0.05) is 61.9 Å². The lowest BCUT2D eigenvalue weighted by molar-refractivity contribution is 0.878. The van der Waals surface area contributed by atoms with Gasteiger partial charge in [-0.15, -0.1) is 11.3 Å². The van der Waals surface area contributed by atoms with Crippen LogP contribution in [0.15, 0.2) is 54.6 Å². The van der Waals surface area contributed by atoms with E-state index in [0.717, 1.165) is 0 Å². The highest BCUT2D eigenvalue weighted by atomic mass is 127. The van der Waals surface area contributed by atoms with E-state index in [4.69, 9.17) is 0 Å². The van der Waals surface area contributed by atoms with Crippen LogP contribution in [0.5, 0.6) is 0 Å². The van der Waals surface area contributed by atoms with E-state index in [9.17, 15) is 0 Å². The lowest BCUT2D eigenvalue weighted by atomic mass is 10.0. The lowest BCUT2D eigenvalue weighted by Gasteiger charge is -2.20. The minimum absolute atomic E-state index is 0.533. The molecule has 0 fully saturated rings. The largest absolute Gasteiger partial charge is 0.281 e. The number of thiophene rings is 1. The van der Waals surface area contributed by atoms with E-state index in [2.05, 4.69) is 108 Å². The van der Waals surface area contributed by atoms with E-state index < -0.39 is 0 Å². The van der Waals surface area contributed by atoms with Crippen LogP contribution in [0.25, 0.3) is 20.2 Å². The SMILES string of the molecule is Cc1ccc(N(I)c2cccc3c2sc2c(C(C)C)cccc23)c(C)c1. The number of aryl methyl sites for hydroxylation is 2. The average molecular weight is 471 g/mol. The first kappa shape index (κ1) is 17.8. The Balaban J connectivity index is 1.96. The Hall–Kier alpha value is -1.59. The Morgan fingerprint density at radius 1 is 0.846 bits per heavy atom. The molecule has 1 heterocycles. The second-order valence-corrected chi connectivity index (χ2v) is 9.19. The van der Waals surface area contributed by atoms with E-state index in [1.807, 2.05) is 11.3 Å². The molecule has 1 aromatic heterocycles. The van der Waals surface area contributed by atoms with E-state index in [-0.39, 0.29) is 0 Å². The van der Waals surface area contributed by atoms with Crippen LogP contribution in [0.4, 0.5) is 11.4 Å². The molecule has 3 aromatic carbocycles. The molecule has 0 N–H and O–H groups in total. The van der Waals surface area contributed by atoms with Gasteiger partial charge in [0.1, 0.15) is 0 Å². The van der Waals surface area contributed by atoms with Crippen LogP contribution in [0.3, 0.4) is 0 Å². The van der Waals surface area contributed by atoms with Gasteiger partial charge in [-0.3, -0.25) is 3.11 Å². The summed E-state index contributed by atoms with van der Waals surface area (Å²) in [5, 5.41) is 2.74. The van der Waals surface area contributed by atoms with Crippen LogP contribution in [0.2, 0.25) is 0 Å². The highest BCUT2D eigenvalue weighted by Crippen LogP contribution is 2.45. The number of nitrogens with zero attached hydrogens (tertiary/aromatic N) is 1. The Morgan fingerprint density at radius 3 is 2.23 bits per heavy atom. The highest BCUT2D eigenvalue weighted by Gasteiger charge is 2.17. The molecule has 3 heteroatoms. The van der Waals surface area contributed by atoms with Crippen LogP contribution in [-0.2, 0) is 0 Å². The van der Waals surface area contributed by atoms with Crippen LogP contribution in [0, 0.1) is 13.8 Å². The quantitative estimate of drug-likeness (QED) is 0.215. The monoisotopic (exact) mass is 471 g/mol. The molecular formula is C23H22INS. The zero-order valence-corrected chi connectivity index (χ0v) is 18.5. The van der Waals surface area contributed by atoms with Gasteiger partial charge in [0.15, 0.2) is 0 Å². The zero-order valence-electron chi connectivity index (χ0n) is 15.5. The molecule has 0 spiro atoms. The topological polar surface area (TPSA) is 3.24 Å². The van der Waals surface area contributed by atoms with Crippen molar-refractivity contribution in [3.05, 3.63) is 71.3 Å². The fourth-order valence-corrected chi connectivity index (χ4v) is 6.16. The maximum Gasteiger partial charge on any atom is 0.0689 e. The molecule has 0 aliphatic heterocycles. The number of benzene rings is 3. The van der Waals surface area contributed by atoms with Crippen LogP contribution in [-0.4, -0.2) is 0 Å². The van der Waals surface area contributed by atoms with E-state index in [1.54, 1.807) is 0 Å². The van der Waals surface area contributed by atoms with E-state index in [1.165, 1.54) is 48.2 Å². The summed E-state index contributed by atoms with van der Waals surface area (Å²) in [5.74, 6) is 0.533. The van der Waals surface area contributed by atoms with E-state index >= 15 is 0 Å². The van der Waals surface area contributed by atoms with Gasteiger partial charge in [0, 0.05) is 15.5 Å². The summed E-state index contributed by atoms with van der Waals surface area (Å²) < 4.78 is 5.10. The summed E-state index contributed by atoms with van der Waals surface area (Å²) in [6.45, 7) is 8.89. The minimum Gasteiger partial charge on any atom is -0.281 e. The number of hydrogen-bond acceptors (Lipinski definition) is 2. The van der Waals surface area contributed by atoms with Crippen molar-refractivity contribution in [1.29, 1.82) is 0 Å². The van der Waals surface area contributed by atoms with Gasteiger partial charge in [0.25, 0.3) is 0 Å². The summed E-state index contributed by atoms with van der Waals surface area (Å²) in [6.07, 6.45) is 0. The number of anilines is 2. The van der Waals surface area contributed by atoms with Gasteiger partial charge < -0.3 is 0 Å². The van der Waals surface area contributed by atoms with Crippen LogP contribution < -0.4 is 3.11 Å². The van der Waals surface area contributed by atoms with Crippen molar-refractivity contribution < 1.29 is 0 Å². The second-order valence-electron chi connectivity index (χ2n) is 7.21. The van der Waals surface area contributed by atoms with Gasteiger partial charge in [-0.25, -0.2) is 0 Å². The maximum atomic E-state index is 2.45. The van der Waals surface area contributed by atoms with Crippen molar-refractivity contribution in [1.82, 2.24) is 0 Å². The number of rotatable bonds is 3. The molecule has 1 nitrogen and oxygen atoms in total. The molecule has 0 aliphatic carbocycles. The second kappa shape index (κ2) is 6.86. The fourth-order valence-electron chi connectivity index (χ4n) is 3.59. The Kier molecular flexibility index (Phi) is 4.70. The number of hydrogen-bond donors (Lipinski definition) is 0. The summed E-state index contributed by atoms with van der Waals surface area (Å²) in [6, 6.07) is 20.1. The van der Waals surface area contributed by atoms with Crippen molar-refractivity contribution in [2.24, 2.45) is 0 Å². The fraction of sp³-hybridized carbons (Fsp3) is 0.217. The van der Waals surface area contributed by atoms with Crippen molar-refractivity contribution in [3.8, 4) is 0 Å². The molecule has 26 heavy (non-hydrogen) atoms. The number of fused-ring (bicyclic) bond motifs is 3. The third-order valence-electron chi connectivity index (χ3n) is 4.93. The molecule has 0 unspecified atom stereocenters. The smallest absolute Gasteiger partial charge is 0.0689 e. The molecule has 4 rings (SSSR count). The average Bonchev–Trinajstić information content (AvgIpc) is 2.99. The summed E-state index contributed by atoms with van der Waals surface area (Å²) in [4.78, 5) is 0. The Bertz CT molecular complexity index is 1110. The third-order valence-corrected chi connectivity index (χ3v) is 7.26. The molecule has 4 aromatic rings. The Labute approximate surface area is 173 Å². The minimum atomic E-state index is 0.533. The predicted octanol–water partition coefficient (Wildman–Crippen LogP) is 8.28. The molecule has 0 aliphatic rings. The van der Waals surface area contributed by atoms with E-state index in [0.29, 0.717) is 5.92 Å². The molecule has 0 saturated heterocycles. The summed E-state index contributed by atoms with van der Waals surface area (Å²) in [7, 11) is 0. The molecule has 0 saturated carbocycles. The first-order chi connectivity index (χ1) is 12.5. The molecule has 0 amide bonds. The van der Waals surface area contributed by atoms with Crippen molar-refractivity contribution in [2.75, 3.05) is 3.11 Å². The van der Waals surface area contributed by atoms with Crippen LogP contribution >= 0.6 is 34.2 Å². The first-order valence-corrected chi connectivity index (χ1v) is 10.7. The molecule has 132 valence electrons. The van der Waals surface area contributed by atoms with Crippen molar-refractivity contribution in [3.63, 3.8) is 0 Å². The third kappa shape index (κ3) is 2.91. The molecule has 0 atom stereocenters. The van der Waals surface area contributed by atoms with Gasteiger partial charge >= 0.3 is 0 Å². The Morgan fingerprint density at radius 2 is 1.54 bits per heavy atom. The maximum absolute atomic E-state index is 2.45. The van der Waals surface area contributed by atoms with Crippen molar-refractivity contribution in [2.45, 2.75) is 33.6 Å². The van der Waals surface area contributed by atoms with Gasteiger partial charge in [-0.2, -0.15) is 0 Å². The summed E-state index contributed by atoms with van der Waals surface area (Å²) >= 11 is 4.37. The molecule has 0 bridgehead atoms.